The van der Waals surface area contributed by atoms with Crippen LogP contribution in [0, 0.1) is 0 Å². The number of ether oxygens (including phenoxy) is 1. The zero-order chi connectivity index (χ0) is 17.2. The number of carbonyl (C=O) groups is 2. The van der Waals surface area contributed by atoms with E-state index in [2.05, 4.69) is 10.3 Å². The minimum Gasteiger partial charge on any atom is -0.480 e. The van der Waals surface area contributed by atoms with Gasteiger partial charge in [0, 0.05) is 13.5 Å². The molecule has 1 unspecified atom stereocenters. The molecule has 0 aliphatic carbocycles. The van der Waals surface area contributed by atoms with E-state index in [0.29, 0.717) is 5.82 Å². The summed E-state index contributed by atoms with van der Waals surface area (Å²) in [6.07, 6.45) is -0.691. The molecule has 0 aliphatic rings. The number of rotatable bonds is 4. The maximum atomic E-state index is 11.8. The lowest BCUT2D eigenvalue weighted by Gasteiger charge is -2.21. The number of hydrogen-bond donors (Lipinski definition) is 2. The second-order valence-corrected chi connectivity index (χ2v) is 6.32. The number of imidazole rings is 1. The Hall–Kier alpha value is -2.57. The number of alkyl carbamates (subject to hydrolysis) is 1. The lowest BCUT2D eigenvalue weighted by Crippen LogP contribution is -2.45. The Labute approximate surface area is 134 Å². The van der Waals surface area contributed by atoms with Crippen LogP contribution in [0.1, 0.15) is 26.6 Å². The fourth-order valence-corrected chi connectivity index (χ4v) is 2.21. The number of nitrogens with zero attached hydrogens (tertiary/aromatic N) is 2. The average molecular weight is 319 g/mol. The van der Waals surface area contributed by atoms with Gasteiger partial charge in [-0.05, 0) is 32.9 Å². The minimum absolute atomic E-state index is 0.0692. The summed E-state index contributed by atoms with van der Waals surface area (Å²) in [7, 11) is 1.82. The maximum absolute atomic E-state index is 11.8. The fraction of sp³-hybridized carbons (Fsp3) is 0.438. The van der Waals surface area contributed by atoms with E-state index in [1.807, 2.05) is 35.9 Å². The number of nitrogens with one attached hydrogen (secondary N) is 1. The lowest BCUT2D eigenvalue weighted by atomic mass is 10.2. The number of carboxylic acid groups (broad SMARTS) is 1. The largest absolute Gasteiger partial charge is 0.480 e. The van der Waals surface area contributed by atoms with Crippen LogP contribution in [0.4, 0.5) is 4.79 Å². The van der Waals surface area contributed by atoms with E-state index < -0.39 is 23.7 Å². The van der Waals surface area contributed by atoms with Crippen molar-refractivity contribution in [3.05, 3.63) is 30.1 Å². The van der Waals surface area contributed by atoms with Crippen molar-refractivity contribution in [1.29, 1.82) is 0 Å². The van der Waals surface area contributed by atoms with E-state index >= 15 is 0 Å². The molecule has 1 aromatic heterocycles. The SMILES string of the molecule is Cn1c(CC(NC(=O)OC(C)(C)C)C(=O)O)nc2ccccc21. The first-order valence-electron chi connectivity index (χ1n) is 7.30. The lowest BCUT2D eigenvalue weighted by molar-refractivity contribution is -0.139. The van der Waals surface area contributed by atoms with Crippen LogP contribution in [-0.4, -0.2) is 38.4 Å². The van der Waals surface area contributed by atoms with Crippen LogP contribution in [0.15, 0.2) is 24.3 Å². The van der Waals surface area contributed by atoms with Crippen molar-refractivity contribution in [2.75, 3.05) is 0 Å². The molecule has 1 heterocycles. The number of aromatic nitrogens is 2. The number of carboxylic acids is 1. The molecule has 1 amide bonds. The molecule has 2 N–H and O–H groups in total. The molecule has 0 fully saturated rings. The number of aryl methyl sites for hydroxylation is 1. The van der Waals surface area contributed by atoms with E-state index in [9.17, 15) is 14.7 Å². The van der Waals surface area contributed by atoms with E-state index in [-0.39, 0.29) is 6.42 Å². The van der Waals surface area contributed by atoms with Crippen molar-refractivity contribution in [2.24, 2.45) is 7.05 Å². The molecule has 0 saturated carbocycles. The Morgan fingerprint density at radius 2 is 2.00 bits per heavy atom. The van der Waals surface area contributed by atoms with Crippen LogP contribution in [0.2, 0.25) is 0 Å². The molecular formula is C16H21N3O4. The van der Waals surface area contributed by atoms with Gasteiger partial charge in [-0.25, -0.2) is 14.6 Å². The van der Waals surface area contributed by atoms with E-state index in [4.69, 9.17) is 4.74 Å². The first-order chi connectivity index (χ1) is 10.7. The summed E-state index contributed by atoms with van der Waals surface area (Å²) < 4.78 is 6.93. The Kier molecular flexibility index (Phi) is 4.58. The van der Waals surface area contributed by atoms with Gasteiger partial charge in [-0.3, -0.25) is 0 Å². The van der Waals surface area contributed by atoms with Crippen LogP contribution in [0.3, 0.4) is 0 Å². The van der Waals surface area contributed by atoms with E-state index in [0.717, 1.165) is 11.0 Å². The molecule has 0 radical (unpaired) electrons. The molecule has 23 heavy (non-hydrogen) atoms. The molecule has 2 rings (SSSR count). The summed E-state index contributed by atoms with van der Waals surface area (Å²) in [4.78, 5) is 27.6. The predicted molar refractivity (Wildman–Crippen MR) is 85.2 cm³/mol. The standard InChI is InChI=1S/C16H21N3O4/c1-16(2,3)23-15(22)18-11(14(20)21)9-13-17-10-7-5-6-8-12(10)19(13)4/h5-8,11H,9H2,1-4H3,(H,18,22)(H,20,21). The number of benzene rings is 1. The zero-order valence-electron chi connectivity index (χ0n) is 13.7. The molecule has 0 saturated heterocycles. The number of aliphatic carboxylic acids is 1. The van der Waals surface area contributed by atoms with Gasteiger partial charge in [0.2, 0.25) is 0 Å². The van der Waals surface area contributed by atoms with Gasteiger partial charge in [-0.15, -0.1) is 0 Å². The Morgan fingerprint density at radius 3 is 2.57 bits per heavy atom. The highest BCUT2D eigenvalue weighted by Crippen LogP contribution is 2.15. The molecule has 1 atom stereocenters. The summed E-state index contributed by atoms with van der Waals surface area (Å²) in [6.45, 7) is 5.15. The Bertz CT molecular complexity index is 730. The van der Waals surface area contributed by atoms with Gasteiger partial charge in [0.15, 0.2) is 0 Å². The highest BCUT2D eigenvalue weighted by molar-refractivity contribution is 5.81. The van der Waals surface area contributed by atoms with Crippen molar-refractivity contribution in [3.8, 4) is 0 Å². The summed E-state index contributed by atoms with van der Waals surface area (Å²) in [5, 5.41) is 11.7. The predicted octanol–water partition coefficient (Wildman–Crippen LogP) is 2.09. The first kappa shape index (κ1) is 16.8. The van der Waals surface area contributed by atoms with Crippen LogP contribution in [0.25, 0.3) is 11.0 Å². The third kappa shape index (κ3) is 4.21. The molecule has 0 bridgehead atoms. The summed E-state index contributed by atoms with van der Waals surface area (Å²) in [5.74, 6) is -0.558. The molecular weight excluding hydrogens is 298 g/mol. The molecule has 124 valence electrons. The van der Waals surface area contributed by atoms with Gasteiger partial charge in [-0.2, -0.15) is 0 Å². The van der Waals surface area contributed by atoms with Crippen molar-refractivity contribution >= 4 is 23.1 Å². The molecule has 7 heteroatoms. The zero-order valence-corrected chi connectivity index (χ0v) is 13.7. The fourth-order valence-electron chi connectivity index (χ4n) is 2.21. The van der Waals surface area contributed by atoms with Gasteiger partial charge in [0.25, 0.3) is 0 Å². The highest BCUT2D eigenvalue weighted by Gasteiger charge is 2.26. The van der Waals surface area contributed by atoms with Gasteiger partial charge in [0.05, 0.1) is 11.0 Å². The third-order valence-electron chi connectivity index (χ3n) is 3.26. The maximum Gasteiger partial charge on any atom is 0.408 e. The van der Waals surface area contributed by atoms with Crippen LogP contribution in [-0.2, 0) is 23.0 Å². The van der Waals surface area contributed by atoms with E-state index in [1.165, 1.54) is 0 Å². The third-order valence-corrected chi connectivity index (χ3v) is 3.26. The van der Waals surface area contributed by atoms with Crippen molar-refractivity contribution in [1.82, 2.24) is 14.9 Å². The number of hydrogen-bond acceptors (Lipinski definition) is 4. The number of carbonyl (C=O) groups excluding carboxylic acids is 1. The summed E-state index contributed by atoms with van der Waals surface area (Å²) >= 11 is 0. The molecule has 1 aromatic carbocycles. The highest BCUT2D eigenvalue weighted by atomic mass is 16.6. The van der Waals surface area contributed by atoms with E-state index in [1.54, 1.807) is 20.8 Å². The van der Waals surface area contributed by atoms with Crippen molar-refractivity contribution in [3.63, 3.8) is 0 Å². The first-order valence-corrected chi connectivity index (χ1v) is 7.30. The topological polar surface area (TPSA) is 93.5 Å². The van der Waals surface area contributed by atoms with Gasteiger partial charge >= 0.3 is 12.1 Å². The van der Waals surface area contributed by atoms with Crippen LogP contribution >= 0.6 is 0 Å². The molecule has 7 nitrogen and oxygen atoms in total. The Morgan fingerprint density at radius 1 is 1.35 bits per heavy atom. The number of fused-ring (bicyclic) bond motifs is 1. The Balaban J connectivity index is 2.17. The van der Waals surface area contributed by atoms with Gasteiger partial charge in [-0.1, -0.05) is 12.1 Å². The minimum atomic E-state index is -1.14. The van der Waals surface area contributed by atoms with Crippen LogP contribution in [0.5, 0.6) is 0 Å². The number of para-hydroxylation sites is 2. The van der Waals surface area contributed by atoms with Crippen LogP contribution < -0.4 is 5.32 Å². The summed E-state index contributed by atoms with van der Waals surface area (Å²) in [5.41, 5.74) is 1.00. The van der Waals surface area contributed by atoms with Gasteiger partial charge in [0.1, 0.15) is 17.5 Å². The van der Waals surface area contributed by atoms with Crippen molar-refractivity contribution < 1.29 is 19.4 Å². The normalized spacial score (nSPS) is 12.9. The van der Waals surface area contributed by atoms with Crippen molar-refractivity contribution in [2.45, 2.75) is 38.8 Å². The monoisotopic (exact) mass is 319 g/mol. The second-order valence-electron chi connectivity index (χ2n) is 6.32. The smallest absolute Gasteiger partial charge is 0.408 e. The summed E-state index contributed by atoms with van der Waals surface area (Å²) in [6, 6.07) is 6.41. The molecule has 2 aromatic rings. The number of amides is 1. The second kappa shape index (κ2) is 6.28. The average Bonchev–Trinajstić information content (AvgIpc) is 2.73. The quantitative estimate of drug-likeness (QED) is 0.900. The molecule has 0 aliphatic heterocycles. The van der Waals surface area contributed by atoms with Gasteiger partial charge < -0.3 is 19.7 Å². The molecule has 0 spiro atoms.